The third-order valence-electron chi connectivity index (χ3n) is 1.55. The van der Waals surface area contributed by atoms with Gasteiger partial charge in [-0.1, -0.05) is 0 Å². The van der Waals surface area contributed by atoms with Crippen molar-refractivity contribution in [1.29, 1.82) is 0 Å². The minimum Gasteiger partial charge on any atom is -0.468 e. The molecule has 0 amide bonds. The van der Waals surface area contributed by atoms with Crippen LogP contribution in [0.2, 0.25) is 0 Å². The van der Waals surface area contributed by atoms with E-state index in [0.29, 0.717) is 19.3 Å². The second-order valence-electron chi connectivity index (χ2n) is 2.72. The van der Waals surface area contributed by atoms with Crippen molar-refractivity contribution in [2.75, 3.05) is 7.11 Å². The van der Waals surface area contributed by atoms with E-state index in [9.17, 15) is 9.59 Å². The topological polar surface area (TPSA) is 69.4 Å². The van der Waals surface area contributed by atoms with E-state index in [1.54, 1.807) is 0 Å². The number of nitrogens with two attached hydrogens (primary N) is 1. The van der Waals surface area contributed by atoms with Gasteiger partial charge in [0, 0.05) is 6.42 Å². The van der Waals surface area contributed by atoms with E-state index in [-0.39, 0.29) is 5.78 Å². The molecule has 0 aromatic rings. The van der Waals surface area contributed by atoms with Gasteiger partial charge in [-0.15, -0.1) is 0 Å². The minimum atomic E-state index is -0.589. The number of carbonyl (C=O) groups is 2. The van der Waals surface area contributed by atoms with Crippen molar-refractivity contribution in [2.45, 2.75) is 32.2 Å². The highest BCUT2D eigenvalue weighted by Gasteiger charge is 2.12. The van der Waals surface area contributed by atoms with Gasteiger partial charge in [0.05, 0.1) is 7.11 Å². The molecule has 0 heterocycles. The summed E-state index contributed by atoms with van der Waals surface area (Å²) < 4.78 is 4.42. The van der Waals surface area contributed by atoms with Crippen LogP contribution in [0.15, 0.2) is 0 Å². The molecule has 1 unspecified atom stereocenters. The summed E-state index contributed by atoms with van der Waals surface area (Å²) in [6, 6.07) is -0.589. The average molecular weight is 173 g/mol. The van der Waals surface area contributed by atoms with E-state index in [1.807, 2.05) is 0 Å². The van der Waals surface area contributed by atoms with Crippen molar-refractivity contribution in [3.63, 3.8) is 0 Å². The fraction of sp³-hybridized carbons (Fsp3) is 0.750. The summed E-state index contributed by atoms with van der Waals surface area (Å²) in [6.07, 6.45) is 1.63. The van der Waals surface area contributed by atoms with E-state index >= 15 is 0 Å². The van der Waals surface area contributed by atoms with Gasteiger partial charge in [-0.2, -0.15) is 0 Å². The van der Waals surface area contributed by atoms with Crippen molar-refractivity contribution in [2.24, 2.45) is 5.73 Å². The molecule has 0 aromatic carbocycles. The molecular weight excluding hydrogens is 158 g/mol. The molecule has 0 aliphatic rings. The molecule has 1 atom stereocenters. The van der Waals surface area contributed by atoms with Crippen LogP contribution in [0.4, 0.5) is 0 Å². The van der Waals surface area contributed by atoms with Gasteiger partial charge in [-0.3, -0.25) is 4.79 Å². The Kier molecular flexibility index (Phi) is 5.28. The van der Waals surface area contributed by atoms with Crippen LogP contribution in [0.25, 0.3) is 0 Å². The van der Waals surface area contributed by atoms with Gasteiger partial charge in [-0.05, 0) is 19.8 Å². The molecule has 4 nitrogen and oxygen atoms in total. The quantitative estimate of drug-likeness (QED) is 0.605. The van der Waals surface area contributed by atoms with Gasteiger partial charge in [0.2, 0.25) is 0 Å². The predicted octanol–water partition coefficient (Wildman–Crippen LogP) is 0.246. The largest absolute Gasteiger partial charge is 0.468 e. The van der Waals surface area contributed by atoms with Gasteiger partial charge < -0.3 is 15.3 Å². The third kappa shape index (κ3) is 4.85. The van der Waals surface area contributed by atoms with Crippen molar-refractivity contribution in [3.05, 3.63) is 0 Å². The first-order chi connectivity index (χ1) is 5.57. The molecule has 0 fully saturated rings. The Morgan fingerprint density at radius 1 is 1.50 bits per heavy atom. The molecule has 0 aliphatic carbocycles. The first kappa shape index (κ1) is 11.1. The van der Waals surface area contributed by atoms with Crippen LogP contribution in [0.1, 0.15) is 26.2 Å². The monoisotopic (exact) mass is 173 g/mol. The standard InChI is InChI=1S/C8H15NO3/c1-6(10)4-3-5-7(9)8(11)12-2/h7H,3-5,9H2,1-2H3. The van der Waals surface area contributed by atoms with Crippen LogP contribution in [0.5, 0.6) is 0 Å². The van der Waals surface area contributed by atoms with Gasteiger partial charge in [0.25, 0.3) is 0 Å². The lowest BCUT2D eigenvalue weighted by atomic mass is 10.1. The van der Waals surface area contributed by atoms with Crippen molar-refractivity contribution < 1.29 is 14.3 Å². The number of ketones is 1. The lowest BCUT2D eigenvalue weighted by Crippen LogP contribution is -2.31. The zero-order valence-electron chi connectivity index (χ0n) is 7.50. The predicted molar refractivity (Wildman–Crippen MR) is 44.5 cm³/mol. The van der Waals surface area contributed by atoms with Crippen LogP contribution in [0, 0.1) is 0 Å². The van der Waals surface area contributed by atoms with Gasteiger partial charge in [0.1, 0.15) is 11.8 Å². The highest BCUT2D eigenvalue weighted by atomic mass is 16.5. The molecule has 70 valence electrons. The van der Waals surface area contributed by atoms with Gasteiger partial charge >= 0.3 is 5.97 Å². The Bertz CT molecular complexity index is 168. The maximum atomic E-state index is 10.8. The molecule has 4 heteroatoms. The lowest BCUT2D eigenvalue weighted by molar-refractivity contribution is -0.142. The average Bonchev–Trinajstić information content (AvgIpc) is 2.02. The number of hydrogen-bond donors (Lipinski definition) is 1. The number of hydrogen-bond acceptors (Lipinski definition) is 4. The summed E-state index contributed by atoms with van der Waals surface area (Å²) in [7, 11) is 1.30. The molecule has 0 rings (SSSR count). The molecule has 0 radical (unpaired) electrons. The number of rotatable bonds is 5. The van der Waals surface area contributed by atoms with Gasteiger partial charge in [-0.25, -0.2) is 0 Å². The van der Waals surface area contributed by atoms with E-state index < -0.39 is 12.0 Å². The van der Waals surface area contributed by atoms with Crippen LogP contribution in [-0.2, 0) is 14.3 Å². The second-order valence-corrected chi connectivity index (χ2v) is 2.72. The maximum absolute atomic E-state index is 10.8. The summed E-state index contributed by atoms with van der Waals surface area (Å²) in [5, 5.41) is 0. The molecule has 0 saturated carbocycles. The fourth-order valence-corrected chi connectivity index (χ4v) is 0.840. The first-order valence-electron chi connectivity index (χ1n) is 3.90. The number of esters is 1. The molecule has 0 aromatic heterocycles. The Labute approximate surface area is 72.1 Å². The summed E-state index contributed by atoms with van der Waals surface area (Å²) in [4.78, 5) is 21.3. The molecule has 0 aliphatic heterocycles. The molecule has 0 saturated heterocycles. The smallest absolute Gasteiger partial charge is 0.322 e. The normalized spacial score (nSPS) is 12.2. The number of ether oxygens (including phenoxy) is 1. The van der Waals surface area contributed by atoms with E-state index in [4.69, 9.17) is 5.73 Å². The Morgan fingerprint density at radius 3 is 2.50 bits per heavy atom. The van der Waals surface area contributed by atoms with Gasteiger partial charge in [0.15, 0.2) is 0 Å². The highest BCUT2D eigenvalue weighted by Crippen LogP contribution is 2.00. The molecule has 0 spiro atoms. The van der Waals surface area contributed by atoms with Crippen molar-refractivity contribution in [1.82, 2.24) is 0 Å². The third-order valence-corrected chi connectivity index (χ3v) is 1.55. The molecule has 0 bridgehead atoms. The number of Topliss-reactive ketones (excluding diaryl/α,β-unsaturated/α-hetero) is 1. The Balaban J connectivity index is 3.50. The Hall–Kier alpha value is -0.900. The summed E-state index contributed by atoms with van der Waals surface area (Å²) in [5.41, 5.74) is 5.43. The van der Waals surface area contributed by atoms with Crippen LogP contribution < -0.4 is 5.73 Å². The maximum Gasteiger partial charge on any atom is 0.322 e. The second kappa shape index (κ2) is 5.71. The van der Waals surface area contributed by atoms with E-state index in [1.165, 1.54) is 14.0 Å². The minimum absolute atomic E-state index is 0.118. The number of methoxy groups -OCH3 is 1. The number of carbonyl (C=O) groups excluding carboxylic acids is 2. The van der Waals surface area contributed by atoms with Crippen LogP contribution in [-0.4, -0.2) is 24.9 Å². The summed E-state index contributed by atoms with van der Waals surface area (Å²) in [5.74, 6) is -0.300. The molecule has 2 N–H and O–H groups in total. The van der Waals surface area contributed by atoms with E-state index in [2.05, 4.69) is 4.74 Å². The molecular formula is C8H15NO3. The van der Waals surface area contributed by atoms with Crippen LogP contribution >= 0.6 is 0 Å². The fourth-order valence-electron chi connectivity index (χ4n) is 0.840. The summed E-state index contributed by atoms with van der Waals surface area (Å²) in [6.45, 7) is 1.52. The zero-order chi connectivity index (χ0) is 9.56. The highest BCUT2D eigenvalue weighted by molar-refractivity contribution is 5.76. The molecule has 12 heavy (non-hydrogen) atoms. The van der Waals surface area contributed by atoms with Crippen molar-refractivity contribution in [3.8, 4) is 0 Å². The van der Waals surface area contributed by atoms with Crippen molar-refractivity contribution >= 4 is 11.8 Å². The SMILES string of the molecule is COC(=O)C(N)CCCC(C)=O. The Morgan fingerprint density at radius 2 is 2.08 bits per heavy atom. The first-order valence-corrected chi connectivity index (χ1v) is 3.90. The lowest BCUT2D eigenvalue weighted by Gasteiger charge is -2.07. The van der Waals surface area contributed by atoms with E-state index in [0.717, 1.165) is 0 Å². The zero-order valence-corrected chi connectivity index (χ0v) is 7.50. The summed E-state index contributed by atoms with van der Waals surface area (Å²) >= 11 is 0. The van der Waals surface area contributed by atoms with Crippen LogP contribution in [0.3, 0.4) is 0 Å².